The molecule has 2 nitrogen and oxygen atoms in total. The Balaban J connectivity index is 2.10. The molecule has 0 aromatic heterocycles. The Morgan fingerprint density at radius 3 is 2.94 bits per heavy atom. The molecule has 0 saturated heterocycles. The van der Waals surface area contributed by atoms with Crippen LogP contribution in [0, 0.1) is 5.92 Å². The average Bonchev–Trinajstić information content (AvgIpc) is 2.70. The Hall–Kier alpha value is -0.790. The van der Waals surface area contributed by atoms with Crippen LogP contribution in [0.15, 0.2) is 12.2 Å². The normalized spacial score (nSPS) is 21.0. The van der Waals surface area contributed by atoms with Gasteiger partial charge >= 0.3 is 0 Å². The first-order valence-electron chi connectivity index (χ1n) is 6.68. The van der Waals surface area contributed by atoms with Crippen molar-refractivity contribution in [2.75, 3.05) is 0 Å². The second-order valence-electron chi connectivity index (χ2n) is 4.93. The van der Waals surface area contributed by atoms with Crippen LogP contribution in [-0.2, 0) is 4.79 Å². The summed E-state index contributed by atoms with van der Waals surface area (Å²) < 4.78 is 0. The van der Waals surface area contributed by atoms with E-state index < -0.39 is 0 Å². The lowest BCUT2D eigenvalue weighted by molar-refractivity contribution is -0.122. The van der Waals surface area contributed by atoms with Crippen molar-refractivity contribution in [1.29, 1.82) is 0 Å². The van der Waals surface area contributed by atoms with Gasteiger partial charge < -0.3 is 5.32 Å². The van der Waals surface area contributed by atoms with Crippen molar-refractivity contribution in [2.24, 2.45) is 5.92 Å². The van der Waals surface area contributed by atoms with Crippen molar-refractivity contribution in [3.8, 4) is 0 Å². The van der Waals surface area contributed by atoms with Crippen LogP contribution in [0.25, 0.3) is 0 Å². The number of nitrogens with one attached hydrogen (secondary N) is 1. The highest BCUT2D eigenvalue weighted by Crippen LogP contribution is 2.20. The van der Waals surface area contributed by atoms with Crippen LogP contribution >= 0.6 is 0 Å². The van der Waals surface area contributed by atoms with Gasteiger partial charge in [-0.05, 0) is 32.1 Å². The monoisotopic (exact) mass is 223 g/mol. The quantitative estimate of drug-likeness (QED) is 0.520. The first-order valence-corrected chi connectivity index (χ1v) is 6.68. The third kappa shape index (κ3) is 5.34. The summed E-state index contributed by atoms with van der Waals surface area (Å²) in [6.07, 6.45) is 12.2. The van der Waals surface area contributed by atoms with Gasteiger partial charge in [-0.2, -0.15) is 0 Å². The largest absolute Gasteiger partial charge is 0.354 e. The van der Waals surface area contributed by atoms with Crippen molar-refractivity contribution >= 4 is 5.91 Å². The maximum absolute atomic E-state index is 11.7. The highest BCUT2D eigenvalue weighted by molar-refractivity contribution is 5.76. The summed E-state index contributed by atoms with van der Waals surface area (Å²) in [6.45, 7) is 4.31. The zero-order valence-electron chi connectivity index (χ0n) is 10.7. The van der Waals surface area contributed by atoms with E-state index >= 15 is 0 Å². The number of carbonyl (C=O) groups is 1. The molecule has 2 heteroatoms. The molecular weight excluding hydrogens is 198 g/mol. The summed E-state index contributed by atoms with van der Waals surface area (Å²) in [4.78, 5) is 11.7. The molecular formula is C14H25NO. The molecule has 1 aliphatic rings. The summed E-state index contributed by atoms with van der Waals surface area (Å²) in [7, 11) is 0. The van der Waals surface area contributed by atoms with Gasteiger partial charge in [0.2, 0.25) is 5.91 Å². The van der Waals surface area contributed by atoms with Crippen LogP contribution in [0.4, 0.5) is 0 Å². The van der Waals surface area contributed by atoms with E-state index in [1.807, 2.05) is 0 Å². The van der Waals surface area contributed by atoms with E-state index in [2.05, 4.69) is 31.3 Å². The molecule has 2 unspecified atom stereocenters. The number of hydrogen-bond acceptors (Lipinski definition) is 1. The molecule has 0 aromatic carbocycles. The second-order valence-corrected chi connectivity index (χ2v) is 4.93. The fourth-order valence-corrected chi connectivity index (χ4v) is 2.21. The highest BCUT2D eigenvalue weighted by atomic mass is 16.1. The van der Waals surface area contributed by atoms with E-state index in [9.17, 15) is 4.79 Å². The van der Waals surface area contributed by atoms with Crippen LogP contribution in [-0.4, -0.2) is 11.9 Å². The number of hydrogen-bond donors (Lipinski definition) is 1. The summed E-state index contributed by atoms with van der Waals surface area (Å²) >= 11 is 0. The fourth-order valence-electron chi connectivity index (χ4n) is 2.21. The third-order valence-corrected chi connectivity index (χ3v) is 3.21. The van der Waals surface area contributed by atoms with Crippen molar-refractivity contribution in [3.63, 3.8) is 0 Å². The zero-order valence-corrected chi connectivity index (χ0v) is 10.7. The summed E-state index contributed by atoms with van der Waals surface area (Å²) in [5.41, 5.74) is 0. The lowest BCUT2D eigenvalue weighted by Crippen LogP contribution is -2.33. The van der Waals surface area contributed by atoms with Crippen LogP contribution in [0.1, 0.15) is 58.8 Å². The number of rotatable bonds is 7. The smallest absolute Gasteiger partial charge is 0.220 e. The molecule has 0 fully saturated rings. The van der Waals surface area contributed by atoms with E-state index in [1.165, 1.54) is 19.3 Å². The van der Waals surface area contributed by atoms with Crippen LogP contribution < -0.4 is 5.32 Å². The number of allylic oxidation sites excluding steroid dienone is 2. The van der Waals surface area contributed by atoms with Gasteiger partial charge in [-0.3, -0.25) is 4.79 Å². The number of unbranched alkanes of at least 4 members (excludes halogenated alkanes) is 2. The predicted octanol–water partition coefficient (Wildman–Crippen LogP) is 3.43. The Bertz CT molecular complexity index is 235. The molecule has 1 N–H and O–H groups in total. The Morgan fingerprint density at radius 1 is 1.50 bits per heavy atom. The standard InChI is InChI=1S/C14H25NO/c1-3-4-5-8-12(2)15-14(16)11-13-9-6-7-10-13/h6,9,12-13H,3-5,7-8,10-11H2,1-2H3,(H,15,16). The number of amides is 1. The zero-order chi connectivity index (χ0) is 11.8. The van der Waals surface area contributed by atoms with Gasteiger partial charge in [0.25, 0.3) is 0 Å². The highest BCUT2D eigenvalue weighted by Gasteiger charge is 2.15. The van der Waals surface area contributed by atoms with E-state index in [1.54, 1.807) is 0 Å². The van der Waals surface area contributed by atoms with E-state index in [0.29, 0.717) is 18.4 Å². The minimum absolute atomic E-state index is 0.223. The molecule has 1 rings (SSSR count). The van der Waals surface area contributed by atoms with E-state index in [-0.39, 0.29) is 5.91 Å². The van der Waals surface area contributed by atoms with E-state index in [4.69, 9.17) is 0 Å². The molecule has 92 valence electrons. The lowest BCUT2D eigenvalue weighted by Gasteiger charge is -2.15. The second kappa shape index (κ2) is 7.48. The molecule has 0 aromatic rings. The third-order valence-electron chi connectivity index (χ3n) is 3.21. The molecule has 1 amide bonds. The Kier molecular flexibility index (Phi) is 6.20. The van der Waals surface area contributed by atoms with Crippen molar-refractivity contribution in [3.05, 3.63) is 12.2 Å². The van der Waals surface area contributed by atoms with Gasteiger partial charge in [0.1, 0.15) is 0 Å². The lowest BCUT2D eigenvalue weighted by atomic mass is 10.0. The molecule has 0 bridgehead atoms. The fraction of sp³-hybridized carbons (Fsp3) is 0.786. The molecule has 16 heavy (non-hydrogen) atoms. The predicted molar refractivity (Wildman–Crippen MR) is 68.2 cm³/mol. The molecule has 0 radical (unpaired) electrons. The molecule has 0 heterocycles. The number of carbonyl (C=O) groups excluding carboxylic acids is 1. The van der Waals surface area contributed by atoms with Gasteiger partial charge in [-0.1, -0.05) is 38.3 Å². The SMILES string of the molecule is CCCCCC(C)NC(=O)CC1C=CCC1. The minimum atomic E-state index is 0.223. The maximum Gasteiger partial charge on any atom is 0.220 e. The van der Waals surface area contributed by atoms with Crippen molar-refractivity contribution < 1.29 is 4.79 Å². The Morgan fingerprint density at radius 2 is 2.31 bits per heavy atom. The minimum Gasteiger partial charge on any atom is -0.354 e. The van der Waals surface area contributed by atoms with Gasteiger partial charge in [0, 0.05) is 12.5 Å². The average molecular weight is 223 g/mol. The van der Waals surface area contributed by atoms with Gasteiger partial charge in [0.05, 0.1) is 0 Å². The van der Waals surface area contributed by atoms with Gasteiger partial charge in [-0.15, -0.1) is 0 Å². The van der Waals surface area contributed by atoms with Gasteiger partial charge in [-0.25, -0.2) is 0 Å². The van der Waals surface area contributed by atoms with Crippen molar-refractivity contribution in [1.82, 2.24) is 5.32 Å². The van der Waals surface area contributed by atoms with Crippen LogP contribution in [0.2, 0.25) is 0 Å². The summed E-state index contributed by atoms with van der Waals surface area (Å²) in [6, 6.07) is 0.337. The summed E-state index contributed by atoms with van der Waals surface area (Å²) in [5.74, 6) is 0.711. The maximum atomic E-state index is 11.7. The van der Waals surface area contributed by atoms with Gasteiger partial charge in [0.15, 0.2) is 0 Å². The van der Waals surface area contributed by atoms with E-state index in [0.717, 1.165) is 19.3 Å². The molecule has 0 spiro atoms. The first-order chi connectivity index (χ1) is 7.72. The topological polar surface area (TPSA) is 29.1 Å². The first kappa shape index (κ1) is 13.3. The van der Waals surface area contributed by atoms with Crippen LogP contribution in [0.5, 0.6) is 0 Å². The van der Waals surface area contributed by atoms with Crippen molar-refractivity contribution in [2.45, 2.75) is 64.8 Å². The summed E-state index contributed by atoms with van der Waals surface area (Å²) in [5, 5.41) is 3.09. The Labute approximate surface area is 99.5 Å². The molecule has 0 saturated carbocycles. The van der Waals surface area contributed by atoms with Crippen LogP contribution in [0.3, 0.4) is 0 Å². The molecule has 1 aliphatic carbocycles. The molecule has 2 atom stereocenters. The molecule has 0 aliphatic heterocycles.